The lowest BCUT2D eigenvalue weighted by molar-refractivity contribution is 0.0955. The lowest BCUT2D eigenvalue weighted by Crippen LogP contribution is -2.21. The van der Waals surface area contributed by atoms with E-state index in [9.17, 15) is 4.79 Å². The highest BCUT2D eigenvalue weighted by atomic mass is 32.1. The van der Waals surface area contributed by atoms with Crippen molar-refractivity contribution in [2.24, 2.45) is 0 Å². The number of hydrogen-bond acceptors (Lipinski definition) is 5. The molecule has 0 atom stereocenters. The third-order valence-electron chi connectivity index (χ3n) is 3.79. The van der Waals surface area contributed by atoms with Crippen LogP contribution in [0.3, 0.4) is 0 Å². The van der Waals surface area contributed by atoms with Crippen LogP contribution in [-0.4, -0.2) is 16.0 Å². The van der Waals surface area contributed by atoms with Crippen LogP contribution in [0.4, 0.5) is 0 Å². The maximum atomic E-state index is 12.3. The lowest BCUT2D eigenvalue weighted by Gasteiger charge is -2.03. The molecule has 6 heteroatoms. The molecule has 0 saturated heterocycles. The van der Waals surface area contributed by atoms with Crippen molar-refractivity contribution in [3.05, 3.63) is 83.2 Å². The molecule has 2 heterocycles. The van der Waals surface area contributed by atoms with Crippen molar-refractivity contribution in [2.45, 2.75) is 6.54 Å². The van der Waals surface area contributed by atoms with E-state index in [0.29, 0.717) is 23.1 Å². The number of carbonyl (C=O) groups excluding carboxylic acids is 1. The molecule has 0 radical (unpaired) electrons. The lowest BCUT2D eigenvalue weighted by atomic mass is 10.2. The van der Waals surface area contributed by atoms with Crippen molar-refractivity contribution in [2.75, 3.05) is 0 Å². The number of aromatic nitrogens is 2. The summed E-state index contributed by atoms with van der Waals surface area (Å²) < 4.78 is 5.33. The Morgan fingerprint density at radius 3 is 2.46 bits per heavy atom. The Balaban J connectivity index is 1.46. The number of hydrogen-bond donors (Lipinski definition) is 1. The zero-order chi connectivity index (χ0) is 17.8. The third kappa shape index (κ3) is 3.55. The van der Waals surface area contributed by atoms with Gasteiger partial charge in [-0.1, -0.05) is 53.7 Å². The monoisotopic (exact) mass is 361 g/mol. The molecule has 4 aromatic rings. The van der Waals surface area contributed by atoms with Crippen LogP contribution in [0.1, 0.15) is 15.2 Å². The molecule has 4 rings (SSSR count). The molecule has 128 valence electrons. The molecule has 1 N–H and O–H groups in total. The molecular formula is C20H15N3O2S. The van der Waals surface area contributed by atoms with E-state index in [1.54, 1.807) is 6.07 Å². The SMILES string of the molecule is O=C(NCc1ccccc1)c1ccc(-c2noc(-c3ccccc3)n2)s1. The van der Waals surface area contributed by atoms with Crippen molar-refractivity contribution >= 4 is 17.2 Å². The molecule has 26 heavy (non-hydrogen) atoms. The van der Waals surface area contributed by atoms with Gasteiger partial charge in [0.1, 0.15) is 0 Å². The van der Waals surface area contributed by atoms with Gasteiger partial charge in [0.05, 0.1) is 9.75 Å². The second kappa shape index (κ2) is 7.33. The quantitative estimate of drug-likeness (QED) is 0.572. The van der Waals surface area contributed by atoms with E-state index >= 15 is 0 Å². The summed E-state index contributed by atoms with van der Waals surface area (Å²) in [4.78, 5) is 18.1. The Kier molecular flexibility index (Phi) is 4.57. The first-order valence-corrected chi connectivity index (χ1v) is 8.93. The highest BCUT2D eigenvalue weighted by Crippen LogP contribution is 2.28. The van der Waals surface area contributed by atoms with Gasteiger partial charge in [0.15, 0.2) is 0 Å². The van der Waals surface area contributed by atoms with Gasteiger partial charge in [-0.2, -0.15) is 4.98 Å². The molecule has 0 fully saturated rings. The van der Waals surface area contributed by atoms with Crippen LogP contribution in [0, 0.1) is 0 Å². The Bertz CT molecular complexity index is 1010. The normalized spacial score (nSPS) is 10.6. The highest BCUT2D eigenvalue weighted by molar-refractivity contribution is 7.17. The maximum absolute atomic E-state index is 12.3. The summed E-state index contributed by atoms with van der Waals surface area (Å²) in [6, 6.07) is 23.0. The standard InChI is InChI=1S/C20H15N3O2S/c24-19(21-13-14-7-3-1-4-8-14)17-12-11-16(26-17)18-22-20(25-23-18)15-9-5-2-6-10-15/h1-12H,13H2,(H,21,24). The number of nitrogens with one attached hydrogen (secondary N) is 1. The summed E-state index contributed by atoms with van der Waals surface area (Å²) in [6.45, 7) is 0.493. The second-order valence-corrected chi connectivity index (χ2v) is 6.71. The first-order valence-electron chi connectivity index (χ1n) is 8.11. The van der Waals surface area contributed by atoms with E-state index < -0.39 is 0 Å². The zero-order valence-corrected chi connectivity index (χ0v) is 14.6. The summed E-state index contributed by atoms with van der Waals surface area (Å²) >= 11 is 1.34. The van der Waals surface area contributed by atoms with Gasteiger partial charge in [-0.15, -0.1) is 11.3 Å². The molecule has 2 aromatic carbocycles. The average molecular weight is 361 g/mol. The molecule has 0 unspecified atom stereocenters. The van der Waals surface area contributed by atoms with E-state index in [0.717, 1.165) is 16.0 Å². The predicted molar refractivity (Wildman–Crippen MR) is 101 cm³/mol. The minimum absolute atomic E-state index is 0.114. The van der Waals surface area contributed by atoms with Crippen LogP contribution in [-0.2, 0) is 6.54 Å². The summed E-state index contributed by atoms with van der Waals surface area (Å²) in [5.41, 5.74) is 1.92. The van der Waals surface area contributed by atoms with Crippen molar-refractivity contribution < 1.29 is 9.32 Å². The predicted octanol–water partition coefficient (Wildman–Crippen LogP) is 4.40. The van der Waals surface area contributed by atoms with E-state index in [-0.39, 0.29) is 5.91 Å². The number of thiophene rings is 1. The first-order chi connectivity index (χ1) is 12.8. The molecule has 2 aromatic heterocycles. The largest absolute Gasteiger partial charge is 0.347 e. The Morgan fingerprint density at radius 1 is 0.962 bits per heavy atom. The highest BCUT2D eigenvalue weighted by Gasteiger charge is 2.15. The third-order valence-corrected chi connectivity index (χ3v) is 4.87. The first kappa shape index (κ1) is 16.2. The molecule has 0 aliphatic heterocycles. The van der Waals surface area contributed by atoms with Crippen LogP contribution in [0.5, 0.6) is 0 Å². The summed E-state index contributed by atoms with van der Waals surface area (Å²) in [6.07, 6.45) is 0. The average Bonchev–Trinajstić information content (AvgIpc) is 3.37. The van der Waals surface area contributed by atoms with Crippen molar-refractivity contribution in [3.63, 3.8) is 0 Å². The maximum Gasteiger partial charge on any atom is 0.261 e. The molecule has 0 aliphatic rings. The van der Waals surface area contributed by atoms with Crippen molar-refractivity contribution in [1.29, 1.82) is 0 Å². The van der Waals surface area contributed by atoms with Crippen LogP contribution in [0.15, 0.2) is 77.3 Å². The summed E-state index contributed by atoms with van der Waals surface area (Å²) in [7, 11) is 0. The number of benzene rings is 2. The van der Waals surface area contributed by atoms with Crippen molar-refractivity contribution in [3.8, 4) is 22.2 Å². The van der Waals surface area contributed by atoms with Gasteiger partial charge in [-0.25, -0.2) is 0 Å². The number of amides is 1. The summed E-state index contributed by atoms with van der Waals surface area (Å²) in [5, 5.41) is 6.94. The Morgan fingerprint density at radius 2 is 1.69 bits per heavy atom. The van der Waals surface area contributed by atoms with Crippen molar-refractivity contribution in [1.82, 2.24) is 15.5 Å². The Labute approximate surface area is 154 Å². The van der Waals surface area contributed by atoms with Gasteiger partial charge < -0.3 is 9.84 Å². The van der Waals surface area contributed by atoms with Crippen LogP contribution >= 0.6 is 11.3 Å². The zero-order valence-electron chi connectivity index (χ0n) is 13.8. The second-order valence-electron chi connectivity index (χ2n) is 5.62. The van der Waals surface area contributed by atoms with Gasteiger partial charge >= 0.3 is 0 Å². The van der Waals surface area contributed by atoms with Crippen LogP contribution in [0.2, 0.25) is 0 Å². The smallest absolute Gasteiger partial charge is 0.261 e. The topological polar surface area (TPSA) is 68.0 Å². The molecule has 5 nitrogen and oxygen atoms in total. The van der Waals surface area contributed by atoms with E-state index in [4.69, 9.17) is 4.52 Å². The molecule has 0 aliphatic carbocycles. The van der Waals surface area contributed by atoms with Gasteiger partial charge in [0, 0.05) is 12.1 Å². The van der Waals surface area contributed by atoms with Crippen LogP contribution in [0.25, 0.3) is 22.2 Å². The van der Waals surface area contributed by atoms with Gasteiger partial charge in [0.2, 0.25) is 5.82 Å². The minimum atomic E-state index is -0.114. The molecule has 1 amide bonds. The molecule has 0 bridgehead atoms. The van der Waals surface area contributed by atoms with Gasteiger partial charge in [-0.3, -0.25) is 4.79 Å². The van der Waals surface area contributed by atoms with E-state index in [1.165, 1.54) is 11.3 Å². The number of nitrogens with zero attached hydrogens (tertiary/aromatic N) is 2. The fourth-order valence-corrected chi connectivity index (χ4v) is 3.32. The fourth-order valence-electron chi connectivity index (χ4n) is 2.47. The van der Waals surface area contributed by atoms with Gasteiger partial charge in [0.25, 0.3) is 11.8 Å². The summed E-state index contributed by atoms with van der Waals surface area (Å²) in [5.74, 6) is 0.830. The molecular weight excluding hydrogens is 346 g/mol. The fraction of sp³-hybridized carbons (Fsp3) is 0.0500. The molecule has 0 spiro atoms. The van der Waals surface area contributed by atoms with Gasteiger partial charge in [-0.05, 0) is 29.8 Å². The van der Waals surface area contributed by atoms with E-state index in [2.05, 4.69) is 15.5 Å². The van der Waals surface area contributed by atoms with E-state index in [1.807, 2.05) is 66.7 Å². The number of carbonyl (C=O) groups is 1. The molecule has 0 saturated carbocycles. The number of rotatable bonds is 5. The Hall–Kier alpha value is -3.25. The minimum Gasteiger partial charge on any atom is -0.347 e. The van der Waals surface area contributed by atoms with Crippen LogP contribution < -0.4 is 5.32 Å².